The van der Waals surface area contributed by atoms with Crippen LogP contribution in [0.15, 0.2) is 55.6 Å². The third-order valence-electron chi connectivity index (χ3n) is 4.36. The van der Waals surface area contributed by atoms with Gasteiger partial charge in [0, 0.05) is 30.1 Å². The van der Waals surface area contributed by atoms with Crippen LogP contribution >= 0.6 is 0 Å². The first kappa shape index (κ1) is 16.5. The molecule has 1 N–H and O–H groups in total. The number of aromatic nitrogens is 4. The number of anilines is 1. The van der Waals surface area contributed by atoms with Crippen LogP contribution < -0.4 is 5.32 Å². The van der Waals surface area contributed by atoms with Gasteiger partial charge in [-0.3, -0.25) is 9.97 Å². The van der Waals surface area contributed by atoms with Crippen LogP contribution in [-0.2, 0) is 11.2 Å². The molecule has 0 aromatic carbocycles. The number of ether oxygens (including phenoxy) is 1. The summed E-state index contributed by atoms with van der Waals surface area (Å²) >= 11 is 0. The summed E-state index contributed by atoms with van der Waals surface area (Å²) in [6.45, 7) is 7.34. The van der Waals surface area contributed by atoms with E-state index in [9.17, 15) is 0 Å². The smallest absolute Gasteiger partial charge is 0.0764 e. The Labute approximate surface area is 152 Å². The van der Waals surface area contributed by atoms with Gasteiger partial charge in [0.1, 0.15) is 0 Å². The van der Waals surface area contributed by atoms with E-state index in [1.165, 1.54) is 0 Å². The maximum atomic E-state index is 5.19. The van der Waals surface area contributed by atoms with Gasteiger partial charge in [0.15, 0.2) is 0 Å². The number of nitrogens with zero attached hydrogens (tertiary/aromatic N) is 4. The highest BCUT2D eigenvalue weighted by atomic mass is 16.5. The second kappa shape index (κ2) is 7.09. The van der Waals surface area contributed by atoms with Crippen LogP contribution in [0.3, 0.4) is 0 Å². The molecule has 6 heteroatoms. The Morgan fingerprint density at radius 1 is 1.31 bits per heavy atom. The number of hydrogen-bond donors (Lipinski definition) is 1. The van der Waals surface area contributed by atoms with E-state index in [-0.39, 0.29) is 0 Å². The van der Waals surface area contributed by atoms with Crippen molar-refractivity contribution in [2.24, 2.45) is 0 Å². The molecule has 0 spiro atoms. The average molecular weight is 347 g/mol. The molecule has 4 rings (SSSR count). The SMILES string of the molecule is C=CCc1cc(-n2cc(-c3ncc(NC4COC4)cc3C)cn2)ccn1. The molecule has 0 aliphatic carbocycles. The first-order valence-electron chi connectivity index (χ1n) is 8.65. The van der Waals surface area contributed by atoms with Gasteiger partial charge in [-0.1, -0.05) is 6.08 Å². The molecule has 3 aromatic rings. The second-order valence-corrected chi connectivity index (χ2v) is 6.44. The fourth-order valence-corrected chi connectivity index (χ4v) is 2.96. The van der Waals surface area contributed by atoms with Crippen molar-refractivity contribution in [3.8, 4) is 16.9 Å². The van der Waals surface area contributed by atoms with Gasteiger partial charge in [0.25, 0.3) is 0 Å². The Kier molecular flexibility index (Phi) is 4.50. The summed E-state index contributed by atoms with van der Waals surface area (Å²) in [5, 5.41) is 7.91. The second-order valence-electron chi connectivity index (χ2n) is 6.44. The molecule has 26 heavy (non-hydrogen) atoms. The van der Waals surface area contributed by atoms with E-state index in [2.05, 4.69) is 40.0 Å². The standard InChI is InChI=1S/C20H21N5O/c1-3-4-16-8-19(5-6-21-16)25-11-15(9-23-25)20-14(2)7-17(10-22-20)24-18-12-26-13-18/h3,5-11,18,24H,1,4,12-13H2,2H3. The lowest BCUT2D eigenvalue weighted by atomic mass is 10.1. The summed E-state index contributed by atoms with van der Waals surface area (Å²) < 4.78 is 7.04. The topological polar surface area (TPSA) is 64.9 Å². The Morgan fingerprint density at radius 2 is 2.19 bits per heavy atom. The molecule has 4 heterocycles. The van der Waals surface area contributed by atoms with Crippen LogP contribution in [-0.4, -0.2) is 39.0 Å². The van der Waals surface area contributed by atoms with E-state index < -0.39 is 0 Å². The molecule has 3 aromatic heterocycles. The van der Waals surface area contributed by atoms with Crippen molar-refractivity contribution in [2.75, 3.05) is 18.5 Å². The normalized spacial score (nSPS) is 14.0. The molecule has 1 fully saturated rings. The fourth-order valence-electron chi connectivity index (χ4n) is 2.96. The highest BCUT2D eigenvalue weighted by Gasteiger charge is 2.18. The van der Waals surface area contributed by atoms with Crippen molar-refractivity contribution in [2.45, 2.75) is 19.4 Å². The molecule has 0 amide bonds. The molecule has 132 valence electrons. The van der Waals surface area contributed by atoms with E-state index in [1.54, 1.807) is 6.20 Å². The third-order valence-corrected chi connectivity index (χ3v) is 4.36. The van der Waals surface area contributed by atoms with Crippen molar-refractivity contribution in [1.29, 1.82) is 0 Å². The van der Waals surface area contributed by atoms with Crippen LogP contribution in [0.5, 0.6) is 0 Å². The monoisotopic (exact) mass is 347 g/mol. The molecule has 0 atom stereocenters. The van der Waals surface area contributed by atoms with Crippen molar-refractivity contribution in [3.63, 3.8) is 0 Å². The van der Waals surface area contributed by atoms with Gasteiger partial charge < -0.3 is 10.1 Å². The van der Waals surface area contributed by atoms with Gasteiger partial charge in [-0.2, -0.15) is 5.10 Å². The first-order valence-corrected chi connectivity index (χ1v) is 8.65. The minimum Gasteiger partial charge on any atom is -0.377 e. The van der Waals surface area contributed by atoms with E-state index in [1.807, 2.05) is 41.5 Å². The molecule has 6 nitrogen and oxygen atoms in total. The molecule has 0 saturated carbocycles. The van der Waals surface area contributed by atoms with Crippen molar-refractivity contribution in [3.05, 3.63) is 66.9 Å². The van der Waals surface area contributed by atoms with Gasteiger partial charge in [-0.15, -0.1) is 6.58 Å². The van der Waals surface area contributed by atoms with E-state index >= 15 is 0 Å². The highest BCUT2D eigenvalue weighted by molar-refractivity contribution is 5.64. The Hall–Kier alpha value is -2.99. The number of hydrogen-bond acceptors (Lipinski definition) is 5. The first-order chi connectivity index (χ1) is 12.7. The van der Waals surface area contributed by atoms with Crippen LogP contribution in [0.1, 0.15) is 11.3 Å². The van der Waals surface area contributed by atoms with Gasteiger partial charge in [-0.25, -0.2) is 4.68 Å². The zero-order valence-corrected chi connectivity index (χ0v) is 14.7. The maximum absolute atomic E-state index is 5.19. The van der Waals surface area contributed by atoms with E-state index in [0.717, 1.165) is 53.5 Å². The zero-order valence-electron chi connectivity index (χ0n) is 14.7. The van der Waals surface area contributed by atoms with Crippen molar-refractivity contribution < 1.29 is 4.74 Å². The number of rotatable bonds is 6. The summed E-state index contributed by atoms with van der Waals surface area (Å²) in [6.07, 6.45) is 10.1. The minimum absolute atomic E-state index is 0.390. The summed E-state index contributed by atoms with van der Waals surface area (Å²) in [5.41, 5.74) is 6.01. The predicted octanol–water partition coefficient (Wildman–Crippen LogP) is 3.18. The number of allylic oxidation sites excluding steroid dienone is 1. The largest absolute Gasteiger partial charge is 0.377 e. The summed E-state index contributed by atoms with van der Waals surface area (Å²) in [4.78, 5) is 8.97. The molecule has 0 radical (unpaired) electrons. The molecular formula is C20H21N5O. The lowest BCUT2D eigenvalue weighted by Gasteiger charge is -2.27. The fraction of sp³-hybridized carbons (Fsp3) is 0.250. The summed E-state index contributed by atoms with van der Waals surface area (Å²) in [5.74, 6) is 0. The van der Waals surface area contributed by atoms with Gasteiger partial charge in [0.2, 0.25) is 0 Å². The van der Waals surface area contributed by atoms with Crippen LogP contribution in [0.4, 0.5) is 5.69 Å². The van der Waals surface area contributed by atoms with Crippen molar-refractivity contribution >= 4 is 5.69 Å². The van der Waals surface area contributed by atoms with Crippen LogP contribution in [0, 0.1) is 6.92 Å². The van der Waals surface area contributed by atoms with Gasteiger partial charge in [-0.05, 0) is 30.7 Å². The lowest BCUT2D eigenvalue weighted by molar-refractivity contribution is 0.0211. The molecule has 1 saturated heterocycles. The average Bonchev–Trinajstić information content (AvgIpc) is 3.09. The molecule has 0 bridgehead atoms. The van der Waals surface area contributed by atoms with Gasteiger partial charge >= 0.3 is 0 Å². The Morgan fingerprint density at radius 3 is 2.92 bits per heavy atom. The van der Waals surface area contributed by atoms with E-state index in [4.69, 9.17) is 4.74 Å². The zero-order chi connectivity index (χ0) is 17.9. The van der Waals surface area contributed by atoms with Crippen LogP contribution in [0.25, 0.3) is 16.9 Å². The lowest BCUT2D eigenvalue weighted by Crippen LogP contribution is -2.40. The van der Waals surface area contributed by atoms with Crippen LogP contribution in [0.2, 0.25) is 0 Å². The summed E-state index contributed by atoms with van der Waals surface area (Å²) in [7, 11) is 0. The number of pyridine rings is 2. The quantitative estimate of drug-likeness (QED) is 0.694. The Bertz CT molecular complexity index is 929. The number of nitrogens with one attached hydrogen (secondary N) is 1. The van der Waals surface area contributed by atoms with E-state index in [0.29, 0.717) is 6.04 Å². The molecule has 1 aliphatic rings. The minimum atomic E-state index is 0.390. The predicted molar refractivity (Wildman–Crippen MR) is 101 cm³/mol. The molecule has 1 aliphatic heterocycles. The highest BCUT2D eigenvalue weighted by Crippen LogP contribution is 2.24. The van der Waals surface area contributed by atoms with Gasteiger partial charge in [0.05, 0.1) is 48.7 Å². The maximum Gasteiger partial charge on any atom is 0.0764 e. The van der Waals surface area contributed by atoms with Crippen molar-refractivity contribution in [1.82, 2.24) is 19.7 Å². The molecule has 0 unspecified atom stereocenters. The third kappa shape index (κ3) is 3.36. The summed E-state index contributed by atoms with van der Waals surface area (Å²) in [6, 6.07) is 6.47. The molecular weight excluding hydrogens is 326 g/mol. The Balaban J connectivity index is 1.57. The number of aryl methyl sites for hydroxylation is 1.